The van der Waals surface area contributed by atoms with Crippen LogP contribution in [0.15, 0.2) is 0 Å². The molecule has 5 nitrogen and oxygen atoms in total. The normalized spacial score (nSPS) is 12.0. The van der Waals surface area contributed by atoms with Crippen LogP contribution < -0.4 is 0 Å². The van der Waals surface area contributed by atoms with Crippen molar-refractivity contribution in [2.45, 2.75) is 187 Å². The van der Waals surface area contributed by atoms with Crippen LogP contribution in [-0.2, 0) is 19.1 Å². The zero-order chi connectivity index (χ0) is 27.9. The number of carbonyl (C=O) groups excluding carboxylic acids is 2. The molecule has 0 aliphatic rings. The first-order chi connectivity index (χ1) is 18.6. The molecule has 0 bridgehead atoms. The molecule has 0 aromatic heterocycles. The third-order valence-corrected chi connectivity index (χ3v) is 7.40. The lowest BCUT2D eigenvalue weighted by Gasteiger charge is -2.15. The molecule has 0 fully saturated rings. The van der Waals surface area contributed by atoms with Gasteiger partial charge in [-0.25, -0.2) is 0 Å². The largest absolute Gasteiger partial charge is 0.462 e. The maximum Gasteiger partial charge on any atom is 0.306 e. The van der Waals surface area contributed by atoms with E-state index in [1.807, 2.05) is 0 Å². The molecule has 1 atom stereocenters. The summed E-state index contributed by atoms with van der Waals surface area (Å²) in [5.74, 6) is -0.584. The van der Waals surface area contributed by atoms with Crippen molar-refractivity contribution in [1.82, 2.24) is 0 Å². The molecule has 0 amide bonds. The molecule has 0 saturated carbocycles. The summed E-state index contributed by atoms with van der Waals surface area (Å²) in [6, 6.07) is 0. The lowest BCUT2D eigenvalue weighted by molar-refractivity contribution is -0.161. The summed E-state index contributed by atoms with van der Waals surface area (Å²) >= 11 is 0. The fourth-order valence-corrected chi connectivity index (χ4v) is 4.85. The number of rotatable bonds is 30. The van der Waals surface area contributed by atoms with E-state index in [0.717, 1.165) is 32.1 Å². The number of unbranched alkanes of at least 4 members (excludes halogenated alkanes) is 22. The van der Waals surface area contributed by atoms with Crippen LogP contribution in [0.1, 0.15) is 181 Å². The summed E-state index contributed by atoms with van der Waals surface area (Å²) in [5, 5.41) is 9.47. The van der Waals surface area contributed by atoms with Gasteiger partial charge in [0.2, 0.25) is 0 Å². The molecule has 1 N–H and O–H groups in total. The van der Waals surface area contributed by atoms with Crippen molar-refractivity contribution in [3.8, 4) is 0 Å². The van der Waals surface area contributed by atoms with E-state index in [1.54, 1.807) is 0 Å². The number of ether oxygens (including phenoxy) is 2. The number of hydrogen-bond donors (Lipinski definition) is 1. The highest BCUT2D eigenvalue weighted by Gasteiger charge is 2.16. The standard InChI is InChI=1S/C33H64O5/c1-3-5-7-9-11-13-15-16-17-18-20-21-23-25-27-32(35)37-30-31(29-34)38-33(36)28-26-24-22-19-14-12-10-8-6-4-2/h31,34H,3-30H2,1-2H3/t31-/m0/s1. The van der Waals surface area contributed by atoms with E-state index in [-0.39, 0.29) is 25.2 Å². The van der Waals surface area contributed by atoms with Crippen molar-refractivity contribution in [1.29, 1.82) is 0 Å². The van der Waals surface area contributed by atoms with Gasteiger partial charge in [-0.3, -0.25) is 9.59 Å². The van der Waals surface area contributed by atoms with Crippen LogP contribution in [0.25, 0.3) is 0 Å². The quantitative estimate of drug-likeness (QED) is 0.0725. The van der Waals surface area contributed by atoms with Gasteiger partial charge in [-0.2, -0.15) is 0 Å². The Balaban J connectivity index is 3.53. The molecule has 0 aliphatic carbocycles. The van der Waals surface area contributed by atoms with Crippen LogP contribution in [0.4, 0.5) is 0 Å². The van der Waals surface area contributed by atoms with Gasteiger partial charge in [0.25, 0.3) is 0 Å². The van der Waals surface area contributed by atoms with Crippen LogP contribution in [0.5, 0.6) is 0 Å². The van der Waals surface area contributed by atoms with Gasteiger partial charge < -0.3 is 14.6 Å². The molecule has 5 heteroatoms. The average molecular weight is 541 g/mol. The number of aliphatic hydroxyl groups excluding tert-OH is 1. The van der Waals surface area contributed by atoms with Crippen LogP contribution >= 0.6 is 0 Å². The van der Waals surface area contributed by atoms with Crippen LogP contribution in [0.3, 0.4) is 0 Å². The summed E-state index contributed by atoms with van der Waals surface area (Å²) in [6.07, 6.45) is 30.1. The van der Waals surface area contributed by atoms with Gasteiger partial charge in [-0.15, -0.1) is 0 Å². The maximum absolute atomic E-state index is 12.0. The van der Waals surface area contributed by atoms with E-state index in [9.17, 15) is 14.7 Å². The van der Waals surface area contributed by atoms with Crippen LogP contribution in [0, 0.1) is 0 Å². The number of esters is 2. The Morgan fingerprint density at radius 2 is 0.816 bits per heavy atom. The zero-order valence-electron chi connectivity index (χ0n) is 25.5. The van der Waals surface area contributed by atoms with Crippen molar-refractivity contribution in [3.05, 3.63) is 0 Å². The molecular formula is C33H64O5. The van der Waals surface area contributed by atoms with E-state index in [2.05, 4.69) is 13.8 Å². The molecule has 0 aromatic carbocycles. The van der Waals surface area contributed by atoms with Crippen molar-refractivity contribution in [2.75, 3.05) is 13.2 Å². The minimum Gasteiger partial charge on any atom is -0.462 e. The Morgan fingerprint density at radius 1 is 0.500 bits per heavy atom. The molecule has 0 heterocycles. The second kappa shape index (κ2) is 30.4. The summed E-state index contributed by atoms with van der Waals surface area (Å²) in [6.45, 7) is 4.12. The van der Waals surface area contributed by atoms with Gasteiger partial charge in [-0.1, -0.05) is 155 Å². The molecule has 0 spiro atoms. The highest BCUT2D eigenvalue weighted by Crippen LogP contribution is 2.14. The molecule has 0 unspecified atom stereocenters. The Bertz CT molecular complexity index is 508. The summed E-state index contributed by atoms with van der Waals surface area (Å²) in [5.41, 5.74) is 0. The van der Waals surface area contributed by atoms with Crippen molar-refractivity contribution >= 4 is 11.9 Å². The predicted octanol–water partition coefficient (Wildman–Crippen LogP) is 9.62. The fourth-order valence-electron chi connectivity index (χ4n) is 4.85. The highest BCUT2D eigenvalue weighted by molar-refractivity contribution is 5.70. The molecule has 0 rings (SSSR count). The third kappa shape index (κ3) is 27.9. The summed E-state index contributed by atoms with van der Waals surface area (Å²) in [7, 11) is 0. The SMILES string of the molecule is CCCCCCCCCCCCCCCCC(=O)OC[C@H](CO)OC(=O)CCCCCCCCCCCC. The van der Waals surface area contributed by atoms with Gasteiger partial charge >= 0.3 is 11.9 Å². The third-order valence-electron chi connectivity index (χ3n) is 7.40. The van der Waals surface area contributed by atoms with E-state index in [1.165, 1.54) is 122 Å². The zero-order valence-corrected chi connectivity index (χ0v) is 25.5. The smallest absolute Gasteiger partial charge is 0.306 e. The Morgan fingerprint density at radius 3 is 1.16 bits per heavy atom. The van der Waals surface area contributed by atoms with Crippen LogP contribution in [-0.4, -0.2) is 36.4 Å². The summed E-state index contributed by atoms with van der Waals surface area (Å²) in [4.78, 5) is 24.0. The average Bonchev–Trinajstić information content (AvgIpc) is 2.92. The van der Waals surface area contributed by atoms with E-state index in [4.69, 9.17) is 9.47 Å². The number of hydrogen-bond acceptors (Lipinski definition) is 5. The van der Waals surface area contributed by atoms with Gasteiger partial charge in [0, 0.05) is 12.8 Å². The van der Waals surface area contributed by atoms with Gasteiger partial charge in [0.15, 0.2) is 6.10 Å². The topological polar surface area (TPSA) is 72.8 Å². The van der Waals surface area contributed by atoms with Crippen molar-refractivity contribution in [3.63, 3.8) is 0 Å². The molecular weight excluding hydrogens is 476 g/mol. The van der Waals surface area contributed by atoms with Crippen LogP contribution in [0.2, 0.25) is 0 Å². The maximum atomic E-state index is 12.0. The second-order valence-electron chi connectivity index (χ2n) is 11.3. The Labute approximate surface area is 236 Å². The molecule has 0 aliphatic heterocycles. The second-order valence-corrected chi connectivity index (χ2v) is 11.3. The van der Waals surface area contributed by atoms with E-state index in [0.29, 0.717) is 12.8 Å². The van der Waals surface area contributed by atoms with Gasteiger partial charge in [0.1, 0.15) is 6.61 Å². The Hall–Kier alpha value is -1.10. The minimum atomic E-state index is -0.758. The number of aliphatic hydroxyl groups is 1. The Kier molecular flexibility index (Phi) is 29.6. The van der Waals surface area contributed by atoms with E-state index >= 15 is 0 Å². The first-order valence-corrected chi connectivity index (χ1v) is 16.6. The summed E-state index contributed by atoms with van der Waals surface area (Å²) < 4.78 is 10.5. The first-order valence-electron chi connectivity index (χ1n) is 16.6. The van der Waals surface area contributed by atoms with E-state index < -0.39 is 6.10 Å². The number of carbonyl (C=O) groups is 2. The lowest BCUT2D eigenvalue weighted by Crippen LogP contribution is -2.28. The predicted molar refractivity (Wildman–Crippen MR) is 159 cm³/mol. The monoisotopic (exact) mass is 540 g/mol. The minimum absolute atomic E-state index is 0.0578. The molecule has 0 radical (unpaired) electrons. The molecule has 0 aromatic rings. The lowest BCUT2D eigenvalue weighted by atomic mass is 10.0. The first kappa shape index (κ1) is 36.9. The highest BCUT2D eigenvalue weighted by atomic mass is 16.6. The molecule has 226 valence electrons. The van der Waals surface area contributed by atoms with Gasteiger partial charge in [-0.05, 0) is 12.8 Å². The van der Waals surface area contributed by atoms with Crippen molar-refractivity contribution in [2.24, 2.45) is 0 Å². The van der Waals surface area contributed by atoms with Crippen molar-refractivity contribution < 1.29 is 24.2 Å². The fraction of sp³-hybridized carbons (Fsp3) is 0.939. The van der Waals surface area contributed by atoms with Gasteiger partial charge in [0.05, 0.1) is 6.61 Å². The molecule has 0 saturated heterocycles. The molecule has 38 heavy (non-hydrogen) atoms.